The van der Waals surface area contributed by atoms with E-state index in [1.54, 1.807) is 6.07 Å². The van der Waals surface area contributed by atoms with E-state index in [1.165, 1.54) is 0 Å². The van der Waals surface area contributed by atoms with Gasteiger partial charge >= 0.3 is 0 Å². The van der Waals surface area contributed by atoms with Gasteiger partial charge in [-0.25, -0.2) is 4.98 Å². The first-order valence-electron chi connectivity index (χ1n) is 3.34. The maximum Gasteiger partial charge on any atom is 0.215 e. The van der Waals surface area contributed by atoms with Gasteiger partial charge in [-0.3, -0.25) is 0 Å². The summed E-state index contributed by atoms with van der Waals surface area (Å²) in [6, 6.07) is 5.62. The molecule has 1 heterocycles. The quantitative estimate of drug-likeness (QED) is 0.571. The Morgan fingerprint density at radius 1 is 1.55 bits per heavy atom. The second-order valence-electron chi connectivity index (χ2n) is 2.47. The van der Waals surface area contributed by atoms with Crippen LogP contribution in [0.3, 0.4) is 0 Å². The number of benzene rings is 1. The van der Waals surface area contributed by atoms with Crippen LogP contribution in [-0.2, 0) is 0 Å². The first kappa shape index (κ1) is 6.22. The molecule has 1 aromatic carbocycles. The fraction of sp³-hybridized carbons (Fsp3) is 0.125. The minimum Gasteiger partial charge on any atom is -0.426 e. The molecule has 2 aromatic rings. The molecule has 0 aliphatic heterocycles. The average Bonchev–Trinajstić information content (AvgIpc) is 2.35. The smallest absolute Gasteiger partial charge is 0.215 e. The molecule has 11 heavy (non-hydrogen) atoms. The zero-order valence-electron chi connectivity index (χ0n) is 6.07. The van der Waals surface area contributed by atoms with E-state index in [0.717, 1.165) is 15.8 Å². The molecule has 2 rings (SSSR count). The molecule has 0 saturated heterocycles. The summed E-state index contributed by atoms with van der Waals surface area (Å²) >= 11 is 0. The largest absolute Gasteiger partial charge is 0.426 e. The Balaban J connectivity index is 2.94. The molecule has 0 atom stereocenters. The number of aryl methyl sites for hydroxylation is 1. The third-order valence-corrected chi connectivity index (χ3v) is 1.70. The number of rotatable bonds is 0. The fourth-order valence-electron chi connectivity index (χ4n) is 1.11. The molecule has 1 N–H and O–H groups in total. The monoisotopic (exact) mass is 147 g/mol. The second kappa shape index (κ2) is 1.99. The summed E-state index contributed by atoms with van der Waals surface area (Å²) in [5.41, 5.74) is 2.55. The summed E-state index contributed by atoms with van der Waals surface area (Å²) in [5, 5.41) is 9.13. The maximum absolute atomic E-state index is 9.13. The van der Waals surface area contributed by atoms with Crippen LogP contribution in [0, 0.1) is 13.3 Å². The number of hydrogen-bond donors (Lipinski definition) is 1. The Hall–Kier alpha value is -1.51. The molecule has 1 aromatic heterocycles. The van der Waals surface area contributed by atoms with Gasteiger partial charge in [0.15, 0.2) is 0 Å². The van der Waals surface area contributed by atoms with Crippen molar-refractivity contribution in [2.75, 3.05) is 0 Å². The molecule has 1 radical (unpaired) electrons. The van der Waals surface area contributed by atoms with Gasteiger partial charge in [-0.2, -0.15) is 4.73 Å². The van der Waals surface area contributed by atoms with Crippen molar-refractivity contribution in [1.82, 2.24) is 9.71 Å². The molecule has 0 aliphatic rings. The van der Waals surface area contributed by atoms with Crippen molar-refractivity contribution in [3.8, 4) is 0 Å². The summed E-state index contributed by atoms with van der Waals surface area (Å²) in [4.78, 5) is 3.91. The van der Waals surface area contributed by atoms with E-state index in [0.29, 0.717) is 5.52 Å². The Morgan fingerprint density at radius 2 is 2.36 bits per heavy atom. The summed E-state index contributed by atoms with van der Waals surface area (Å²) in [6.07, 6.45) is 2.44. The third kappa shape index (κ3) is 0.774. The molecule has 0 saturated carbocycles. The summed E-state index contributed by atoms with van der Waals surface area (Å²) in [6.45, 7) is 1.95. The first-order valence-corrected chi connectivity index (χ1v) is 3.34. The highest BCUT2D eigenvalue weighted by molar-refractivity contribution is 5.78. The number of fused-ring (bicyclic) bond motifs is 1. The number of para-hydroxylation sites is 1. The zero-order chi connectivity index (χ0) is 7.84. The lowest BCUT2D eigenvalue weighted by molar-refractivity contribution is 0.195. The van der Waals surface area contributed by atoms with Gasteiger partial charge in [-0.1, -0.05) is 12.1 Å². The summed E-state index contributed by atoms with van der Waals surface area (Å²) in [7, 11) is 0. The average molecular weight is 147 g/mol. The van der Waals surface area contributed by atoms with Crippen molar-refractivity contribution in [1.29, 1.82) is 0 Å². The molecule has 3 nitrogen and oxygen atoms in total. The first-order chi connectivity index (χ1) is 5.29. The van der Waals surface area contributed by atoms with E-state index in [1.807, 2.05) is 19.1 Å². The van der Waals surface area contributed by atoms with Crippen LogP contribution in [0.1, 0.15) is 5.56 Å². The van der Waals surface area contributed by atoms with E-state index < -0.39 is 0 Å². The summed E-state index contributed by atoms with van der Waals surface area (Å²) in [5.74, 6) is 0. The highest BCUT2D eigenvalue weighted by atomic mass is 16.5. The van der Waals surface area contributed by atoms with Crippen molar-refractivity contribution >= 4 is 11.0 Å². The van der Waals surface area contributed by atoms with Gasteiger partial charge < -0.3 is 5.21 Å². The van der Waals surface area contributed by atoms with Crippen molar-refractivity contribution in [2.24, 2.45) is 0 Å². The van der Waals surface area contributed by atoms with Gasteiger partial charge in [0.25, 0.3) is 0 Å². The van der Waals surface area contributed by atoms with Crippen molar-refractivity contribution in [2.45, 2.75) is 6.92 Å². The number of nitrogens with zero attached hydrogens (tertiary/aromatic N) is 2. The van der Waals surface area contributed by atoms with Gasteiger partial charge in [0, 0.05) is 0 Å². The lowest BCUT2D eigenvalue weighted by Crippen LogP contribution is -1.85. The van der Waals surface area contributed by atoms with E-state index in [9.17, 15) is 0 Å². The summed E-state index contributed by atoms with van der Waals surface area (Å²) < 4.78 is 0.905. The Bertz CT molecular complexity index is 392. The van der Waals surface area contributed by atoms with Crippen LogP contribution in [0.4, 0.5) is 0 Å². The predicted molar refractivity (Wildman–Crippen MR) is 40.5 cm³/mol. The molecular weight excluding hydrogens is 140 g/mol. The topological polar surface area (TPSA) is 38.0 Å². The molecule has 0 fully saturated rings. The fourth-order valence-corrected chi connectivity index (χ4v) is 1.11. The molecule has 0 spiro atoms. The van der Waals surface area contributed by atoms with Crippen LogP contribution in [0.25, 0.3) is 11.0 Å². The second-order valence-corrected chi connectivity index (χ2v) is 2.47. The van der Waals surface area contributed by atoms with Gasteiger partial charge in [0.05, 0.1) is 5.52 Å². The van der Waals surface area contributed by atoms with Crippen LogP contribution in [0.2, 0.25) is 0 Å². The van der Waals surface area contributed by atoms with E-state index in [-0.39, 0.29) is 0 Å². The molecule has 0 aliphatic carbocycles. The van der Waals surface area contributed by atoms with Crippen LogP contribution >= 0.6 is 0 Å². The van der Waals surface area contributed by atoms with E-state index in [2.05, 4.69) is 11.3 Å². The van der Waals surface area contributed by atoms with Crippen LogP contribution in [0.5, 0.6) is 0 Å². The zero-order valence-corrected chi connectivity index (χ0v) is 6.07. The number of imidazole rings is 1. The standard InChI is InChI=1S/C8H7N2O/c1-6-3-2-4-7-8(6)9-5-10(7)11/h2-4,11H,1H3. The van der Waals surface area contributed by atoms with Gasteiger partial charge in [0.2, 0.25) is 6.33 Å². The highest BCUT2D eigenvalue weighted by Crippen LogP contribution is 2.14. The van der Waals surface area contributed by atoms with Gasteiger partial charge in [0.1, 0.15) is 5.52 Å². The van der Waals surface area contributed by atoms with Gasteiger partial charge in [-0.15, -0.1) is 0 Å². The maximum atomic E-state index is 9.13. The molecule has 0 amide bonds. The normalized spacial score (nSPS) is 10.6. The Morgan fingerprint density at radius 3 is 3.09 bits per heavy atom. The van der Waals surface area contributed by atoms with E-state index >= 15 is 0 Å². The lowest BCUT2D eigenvalue weighted by atomic mass is 10.2. The van der Waals surface area contributed by atoms with Crippen LogP contribution in [-0.4, -0.2) is 14.9 Å². The minimum atomic E-state index is 0.699. The highest BCUT2D eigenvalue weighted by Gasteiger charge is 2.02. The molecule has 0 unspecified atom stereocenters. The van der Waals surface area contributed by atoms with E-state index in [4.69, 9.17) is 5.21 Å². The Labute approximate surface area is 63.9 Å². The number of hydrogen-bond acceptors (Lipinski definition) is 2. The lowest BCUT2D eigenvalue weighted by Gasteiger charge is -1.93. The molecule has 0 bridgehead atoms. The van der Waals surface area contributed by atoms with Crippen molar-refractivity contribution < 1.29 is 5.21 Å². The van der Waals surface area contributed by atoms with Crippen LogP contribution < -0.4 is 0 Å². The molecule has 55 valence electrons. The predicted octanol–water partition coefficient (Wildman–Crippen LogP) is 1.38. The third-order valence-electron chi connectivity index (χ3n) is 1.70. The molecular formula is C8H7N2O. The number of aromatic nitrogens is 2. The molecule has 3 heteroatoms. The van der Waals surface area contributed by atoms with Crippen molar-refractivity contribution in [3.63, 3.8) is 0 Å². The Kier molecular flexibility index (Phi) is 1.12. The van der Waals surface area contributed by atoms with Crippen molar-refractivity contribution in [3.05, 3.63) is 30.1 Å². The SMILES string of the molecule is Cc1cccc2c1n[c]n2O. The minimum absolute atomic E-state index is 0.699. The van der Waals surface area contributed by atoms with Gasteiger partial charge in [-0.05, 0) is 18.6 Å². The van der Waals surface area contributed by atoms with Crippen LogP contribution in [0.15, 0.2) is 18.2 Å².